The second-order valence-electron chi connectivity index (χ2n) is 4.32. The maximum Gasteiger partial charge on any atom is 0.242 e. The number of rotatable bonds is 6. The van der Waals surface area contributed by atoms with E-state index in [1.54, 1.807) is 6.92 Å². The fraction of sp³-hybridized carbons (Fsp3) is 0.429. The van der Waals surface area contributed by atoms with E-state index in [1.165, 1.54) is 11.8 Å². The molecule has 0 heterocycles. The molecule has 0 saturated heterocycles. The highest BCUT2D eigenvalue weighted by Gasteiger charge is 2.23. The number of hydrogen-bond acceptors (Lipinski definition) is 3. The second kappa shape index (κ2) is 7.53. The van der Waals surface area contributed by atoms with E-state index in [0.29, 0.717) is 6.54 Å². The third kappa shape index (κ3) is 4.71. The van der Waals surface area contributed by atoms with Crippen LogP contribution in [0, 0.1) is 0 Å². The minimum atomic E-state index is -0.566. The van der Waals surface area contributed by atoms with Gasteiger partial charge >= 0.3 is 0 Å². The molecule has 0 radical (unpaired) electrons. The van der Waals surface area contributed by atoms with Gasteiger partial charge in [-0.05, 0) is 12.5 Å². The van der Waals surface area contributed by atoms with Crippen molar-refractivity contribution in [1.82, 2.24) is 10.2 Å². The molecule has 5 nitrogen and oxygen atoms in total. The standard InChI is InChI=1S/C14H20N2O3/c1-11(14(19)15-8-9-17)16(12(2)18)10-13-6-4-3-5-7-13/h3-7,11,17H,8-10H2,1-2H3,(H,15,19). The van der Waals surface area contributed by atoms with Crippen molar-refractivity contribution >= 4 is 11.8 Å². The van der Waals surface area contributed by atoms with Crippen molar-refractivity contribution in [3.63, 3.8) is 0 Å². The predicted octanol–water partition coefficient (Wildman–Crippen LogP) is 0.532. The van der Waals surface area contributed by atoms with Gasteiger partial charge in [-0.15, -0.1) is 0 Å². The van der Waals surface area contributed by atoms with Gasteiger partial charge in [-0.1, -0.05) is 30.3 Å². The Hall–Kier alpha value is -1.88. The summed E-state index contributed by atoms with van der Waals surface area (Å²) in [5.74, 6) is -0.421. The highest BCUT2D eigenvalue weighted by molar-refractivity contribution is 5.86. The first-order valence-electron chi connectivity index (χ1n) is 6.26. The molecule has 19 heavy (non-hydrogen) atoms. The van der Waals surface area contributed by atoms with E-state index in [2.05, 4.69) is 5.32 Å². The molecule has 5 heteroatoms. The lowest BCUT2D eigenvalue weighted by Crippen LogP contribution is -2.47. The molecule has 0 fully saturated rings. The topological polar surface area (TPSA) is 69.6 Å². The first-order chi connectivity index (χ1) is 9.06. The van der Waals surface area contributed by atoms with Gasteiger partial charge in [-0.25, -0.2) is 0 Å². The monoisotopic (exact) mass is 264 g/mol. The molecular weight excluding hydrogens is 244 g/mol. The summed E-state index contributed by atoms with van der Waals surface area (Å²) in [5, 5.41) is 11.3. The molecule has 1 atom stereocenters. The predicted molar refractivity (Wildman–Crippen MR) is 72.2 cm³/mol. The van der Waals surface area contributed by atoms with Gasteiger partial charge in [-0.2, -0.15) is 0 Å². The highest BCUT2D eigenvalue weighted by atomic mass is 16.3. The van der Waals surface area contributed by atoms with Crippen LogP contribution in [0.2, 0.25) is 0 Å². The second-order valence-corrected chi connectivity index (χ2v) is 4.32. The molecular formula is C14H20N2O3. The lowest BCUT2D eigenvalue weighted by atomic mass is 10.1. The summed E-state index contributed by atoms with van der Waals surface area (Å²) in [7, 11) is 0. The number of hydrogen-bond donors (Lipinski definition) is 2. The molecule has 0 aliphatic rings. The van der Waals surface area contributed by atoms with Gasteiger partial charge in [0.25, 0.3) is 0 Å². The van der Waals surface area contributed by atoms with Crippen LogP contribution in [-0.2, 0) is 16.1 Å². The Balaban J connectivity index is 2.72. The Labute approximate surface area is 113 Å². The van der Waals surface area contributed by atoms with Gasteiger partial charge in [-0.3, -0.25) is 9.59 Å². The van der Waals surface area contributed by atoms with Gasteiger partial charge < -0.3 is 15.3 Å². The van der Waals surface area contributed by atoms with Gasteiger partial charge in [0.15, 0.2) is 0 Å². The van der Waals surface area contributed by atoms with Crippen LogP contribution in [0.3, 0.4) is 0 Å². The molecule has 0 saturated carbocycles. The average molecular weight is 264 g/mol. The molecule has 2 N–H and O–H groups in total. The number of aliphatic hydroxyl groups excluding tert-OH is 1. The number of aliphatic hydroxyl groups is 1. The van der Waals surface area contributed by atoms with E-state index in [9.17, 15) is 9.59 Å². The average Bonchev–Trinajstić information content (AvgIpc) is 2.42. The number of nitrogens with zero attached hydrogens (tertiary/aromatic N) is 1. The zero-order chi connectivity index (χ0) is 14.3. The molecule has 1 unspecified atom stereocenters. The van der Waals surface area contributed by atoms with E-state index >= 15 is 0 Å². The lowest BCUT2D eigenvalue weighted by Gasteiger charge is -2.27. The maximum absolute atomic E-state index is 11.8. The summed E-state index contributed by atoms with van der Waals surface area (Å²) in [6.45, 7) is 3.59. The summed E-state index contributed by atoms with van der Waals surface area (Å²) in [4.78, 5) is 25.0. The Morgan fingerprint density at radius 3 is 2.47 bits per heavy atom. The third-order valence-corrected chi connectivity index (χ3v) is 2.86. The van der Waals surface area contributed by atoms with Crippen molar-refractivity contribution in [2.75, 3.05) is 13.2 Å². The van der Waals surface area contributed by atoms with Gasteiger partial charge in [0.05, 0.1) is 6.61 Å². The number of nitrogens with one attached hydrogen (secondary N) is 1. The molecule has 1 rings (SSSR count). The van der Waals surface area contributed by atoms with Gasteiger partial charge in [0.2, 0.25) is 11.8 Å². The van der Waals surface area contributed by atoms with E-state index in [0.717, 1.165) is 5.56 Å². The summed E-state index contributed by atoms with van der Waals surface area (Å²) >= 11 is 0. The minimum Gasteiger partial charge on any atom is -0.395 e. The maximum atomic E-state index is 11.8. The van der Waals surface area contributed by atoms with Crippen molar-refractivity contribution in [2.45, 2.75) is 26.4 Å². The largest absolute Gasteiger partial charge is 0.395 e. The Morgan fingerprint density at radius 1 is 1.32 bits per heavy atom. The number of benzene rings is 1. The van der Waals surface area contributed by atoms with E-state index in [4.69, 9.17) is 5.11 Å². The Morgan fingerprint density at radius 2 is 1.95 bits per heavy atom. The molecule has 1 aromatic carbocycles. The van der Waals surface area contributed by atoms with Crippen LogP contribution in [0.15, 0.2) is 30.3 Å². The number of carbonyl (C=O) groups is 2. The van der Waals surface area contributed by atoms with Crippen LogP contribution in [0.5, 0.6) is 0 Å². The van der Waals surface area contributed by atoms with Gasteiger partial charge in [0, 0.05) is 20.0 Å². The van der Waals surface area contributed by atoms with Crippen LogP contribution in [0.4, 0.5) is 0 Å². The number of carbonyl (C=O) groups excluding carboxylic acids is 2. The fourth-order valence-corrected chi connectivity index (χ4v) is 1.77. The molecule has 0 aliphatic heterocycles. The third-order valence-electron chi connectivity index (χ3n) is 2.86. The van der Waals surface area contributed by atoms with Crippen molar-refractivity contribution < 1.29 is 14.7 Å². The SMILES string of the molecule is CC(=O)N(Cc1ccccc1)C(C)C(=O)NCCO. The van der Waals surface area contributed by atoms with Crippen molar-refractivity contribution in [1.29, 1.82) is 0 Å². The quantitative estimate of drug-likeness (QED) is 0.787. The summed E-state index contributed by atoms with van der Waals surface area (Å²) in [5.41, 5.74) is 0.972. The molecule has 0 bridgehead atoms. The minimum absolute atomic E-state index is 0.114. The van der Waals surface area contributed by atoms with E-state index in [1.807, 2.05) is 30.3 Å². The zero-order valence-electron chi connectivity index (χ0n) is 11.3. The summed E-state index contributed by atoms with van der Waals surface area (Å²) < 4.78 is 0. The fourth-order valence-electron chi connectivity index (χ4n) is 1.77. The highest BCUT2D eigenvalue weighted by Crippen LogP contribution is 2.09. The van der Waals surface area contributed by atoms with Crippen LogP contribution in [0.1, 0.15) is 19.4 Å². The first kappa shape index (κ1) is 15.2. The molecule has 0 spiro atoms. The van der Waals surface area contributed by atoms with E-state index in [-0.39, 0.29) is 25.0 Å². The Bertz CT molecular complexity index is 420. The van der Waals surface area contributed by atoms with Crippen LogP contribution < -0.4 is 5.32 Å². The van der Waals surface area contributed by atoms with Crippen molar-refractivity contribution in [2.24, 2.45) is 0 Å². The van der Waals surface area contributed by atoms with E-state index < -0.39 is 6.04 Å². The smallest absolute Gasteiger partial charge is 0.242 e. The molecule has 2 amide bonds. The lowest BCUT2D eigenvalue weighted by molar-refractivity contribution is -0.139. The molecule has 104 valence electrons. The zero-order valence-corrected chi connectivity index (χ0v) is 11.3. The Kier molecular flexibility index (Phi) is 6.02. The van der Waals surface area contributed by atoms with Crippen LogP contribution in [-0.4, -0.2) is 41.0 Å². The molecule has 0 aromatic heterocycles. The summed E-state index contributed by atoms with van der Waals surface area (Å²) in [6, 6.07) is 8.94. The number of amides is 2. The molecule has 1 aromatic rings. The normalized spacial score (nSPS) is 11.7. The van der Waals surface area contributed by atoms with Crippen LogP contribution in [0.25, 0.3) is 0 Å². The van der Waals surface area contributed by atoms with Crippen molar-refractivity contribution in [3.05, 3.63) is 35.9 Å². The van der Waals surface area contributed by atoms with Crippen molar-refractivity contribution in [3.8, 4) is 0 Å². The molecule has 0 aliphatic carbocycles. The van der Waals surface area contributed by atoms with Crippen LogP contribution >= 0.6 is 0 Å². The summed E-state index contributed by atoms with van der Waals surface area (Å²) in [6.07, 6.45) is 0. The van der Waals surface area contributed by atoms with Gasteiger partial charge in [0.1, 0.15) is 6.04 Å². The first-order valence-corrected chi connectivity index (χ1v) is 6.26.